The second-order valence-electron chi connectivity index (χ2n) is 4.31. The number of hydrogen-bond donors (Lipinski definition) is 2. The first kappa shape index (κ1) is 15.5. The fourth-order valence-corrected chi connectivity index (χ4v) is 1.93. The van der Waals surface area contributed by atoms with Crippen molar-refractivity contribution in [2.75, 3.05) is 11.9 Å². The number of carbonyl (C=O) groups excluding carboxylic acids is 1. The van der Waals surface area contributed by atoms with E-state index in [1.54, 1.807) is 18.2 Å². The van der Waals surface area contributed by atoms with Gasteiger partial charge in [0.2, 0.25) is 0 Å². The lowest BCUT2D eigenvalue weighted by Gasteiger charge is -2.09. The molecule has 4 nitrogen and oxygen atoms in total. The molecule has 2 aromatic rings. The monoisotopic (exact) mass is 352 g/mol. The average molecular weight is 353 g/mol. The van der Waals surface area contributed by atoms with Gasteiger partial charge in [-0.25, -0.2) is 4.39 Å². The summed E-state index contributed by atoms with van der Waals surface area (Å²) in [6.07, 6.45) is 0. The minimum Gasteiger partial charge on any atom is -0.481 e. The Balaban J connectivity index is 1.90. The maximum absolute atomic E-state index is 13.6. The number of anilines is 1. The third kappa shape index (κ3) is 4.54. The molecule has 0 aliphatic heterocycles. The van der Waals surface area contributed by atoms with Crippen molar-refractivity contribution >= 4 is 27.5 Å². The summed E-state index contributed by atoms with van der Waals surface area (Å²) in [5.41, 5.74) is 6.72. The van der Waals surface area contributed by atoms with Crippen LogP contribution in [-0.4, -0.2) is 12.5 Å². The van der Waals surface area contributed by atoms with Gasteiger partial charge in [-0.3, -0.25) is 4.79 Å². The Kier molecular flexibility index (Phi) is 5.30. The van der Waals surface area contributed by atoms with E-state index < -0.39 is 5.82 Å². The van der Waals surface area contributed by atoms with Gasteiger partial charge in [-0.1, -0.05) is 22.0 Å². The van der Waals surface area contributed by atoms with Gasteiger partial charge in [-0.05, 0) is 42.0 Å². The third-order valence-electron chi connectivity index (χ3n) is 2.72. The van der Waals surface area contributed by atoms with Crippen LogP contribution in [0.3, 0.4) is 0 Å². The highest BCUT2D eigenvalue weighted by Gasteiger charge is 2.08. The van der Waals surface area contributed by atoms with Crippen LogP contribution in [0.25, 0.3) is 0 Å². The van der Waals surface area contributed by atoms with Crippen LogP contribution in [-0.2, 0) is 11.3 Å². The van der Waals surface area contributed by atoms with Gasteiger partial charge in [-0.2, -0.15) is 0 Å². The molecule has 0 unspecified atom stereocenters. The maximum Gasteiger partial charge on any atom is 0.262 e. The Morgan fingerprint density at radius 3 is 2.57 bits per heavy atom. The second-order valence-corrected chi connectivity index (χ2v) is 5.23. The molecule has 0 aromatic heterocycles. The molecule has 1 amide bonds. The van der Waals surface area contributed by atoms with Crippen LogP contribution in [0.5, 0.6) is 5.75 Å². The van der Waals surface area contributed by atoms with E-state index in [-0.39, 0.29) is 24.8 Å². The molecule has 0 atom stereocenters. The number of nitrogens with one attached hydrogen (secondary N) is 1. The van der Waals surface area contributed by atoms with E-state index in [9.17, 15) is 9.18 Å². The molecule has 3 N–H and O–H groups in total. The molecule has 21 heavy (non-hydrogen) atoms. The largest absolute Gasteiger partial charge is 0.481 e. The molecule has 2 aromatic carbocycles. The van der Waals surface area contributed by atoms with Crippen LogP contribution in [0.15, 0.2) is 46.9 Å². The number of amides is 1. The van der Waals surface area contributed by atoms with E-state index in [1.165, 1.54) is 12.1 Å². The Labute approximate surface area is 130 Å². The molecule has 0 radical (unpaired) electrons. The lowest BCUT2D eigenvalue weighted by Crippen LogP contribution is -2.20. The van der Waals surface area contributed by atoms with Crippen molar-refractivity contribution in [1.82, 2.24) is 0 Å². The number of benzene rings is 2. The average Bonchev–Trinajstić information content (AvgIpc) is 2.48. The lowest BCUT2D eigenvalue weighted by molar-refractivity contribution is -0.118. The molecule has 6 heteroatoms. The molecular formula is C15H14BrFN2O2. The molecule has 0 heterocycles. The van der Waals surface area contributed by atoms with Crippen LogP contribution in [0.1, 0.15) is 5.56 Å². The first-order chi connectivity index (χ1) is 10.1. The van der Waals surface area contributed by atoms with E-state index in [1.807, 2.05) is 12.1 Å². The second kappa shape index (κ2) is 7.19. The SMILES string of the molecule is NCc1ccc(OCC(=O)Nc2ccc(Br)cc2)c(F)c1. The number of ether oxygens (including phenoxy) is 1. The molecule has 0 aliphatic rings. The zero-order chi connectivity index (χ0) is 15.2. The molecule has 0 fully saturated rings. The highest BCUT2D eigenvalue weighted by atomic mass is 79.9. The standard InChI is InChI=1S/C15H14BrFN2O2/c16-11-2-4-12(5-3-11)19-15(20)9-21-14-6-1-10(8-18)7-13(14)17/h1-7H,8-9,18H2,(H,19,20). The summed E-state index contributed by atoms with van der Waals surface area (Å²) in [5, 5.41) is 2.65. The van der Waals surface area contributed by atoms with Gasteiger partial charge in [0.05, 0.1) is 0 Å². The fourth-order valence-electron chi connectivity index (χ4n) is 1.66. The summed E-state index contributed by atoms with van der Waals surface area (Å²) in [4.78, 5) is 11.7. The van der Waals surface area contributed by atoms with E-state index in [0.29, 0.717) is 11.3 Å². The first-order valence-corrected chi connectivity index (χ1v) is 7.04. The van der Waals surface area contributed by atoms with Crippen LogP contribution >= 0.6 is 15.9 Å². The summed E-state index contributed by atoms with van der Waals surface area (Å²) >= 11 is 3.30. The minimum absolute atomic E-state index is 0.0261. The molecule has 110 valence electrons. The summed E-state index contributed by atoms with van der Waals surface area (Å²) in [5.74, 6) is -0.868. The van der Waals surface area contributed by atoms with E-state index in [0.717, 1.165) is 4.47 Å². The van der Waals surface area contributed by atoms with Crippen molar-refractivity contribution < 1.29 is 13.9 Å². The maximum atomic E-state index is 13.6. The van der Waals surface area contributed by atoms with Crippen LogP contribution in [0.4, 0.5) is 10.1 Å². The van der Waals surface area contributed by atoms with Gasteiger partial charge in [-0.15, -0.1) is 0 Å². The Bertz CT molecular complexity index is 632. The number of rotatable bonds is 5. The molecule has 0 spiro atoms. The number of carbonyl (C=O) groups is 1. The van der Waals surface area contributed by atoms with Crippen molar-refractivity contribution in [2.45, 2.75) is 6.54 Å². The predicted octanol–water partition coefficient (Wildman–Crippen LogP) is 3.06. The first-order valence-electron chi connectivity index (χ1n) is 6.25. The van der Waals surface area contributed by atoms with Crippen LogP contribution in [0.2, 0.25) is 0 Å². The quantitative estimate of drug-likeness (QED) is 0.868. The van der Waals surface area contributed by atoms with E-state index >= 15 is 0 Å². The van der Waals surface area contributed by atoms with Crippen molar-refractivity contribution in [3.63, 3.8) is 0 Å². The molecular weight excluding hydrogens is 339 g/mol. The van der Waals surface area contributed by atoms with Crippen LogP contribution in [0, 0.1) is 5.82 Å². The molecule has 2 rings (SSSR count). The normalized spacial score (nSPS) is 10.2. The minimum atomic E-state index is -0.533. The number of halogens is 2. The zero-order valence-electron chi connectivity index (χ0n) is 11.1. The summed E-state index contributed by atoms with van der Waals surface area (Å²) in [6.45, 7) is -0.0177. The number of hydrogen-bond acceptors (Lipinski definition) is 3. The van der Waals surface area contributed by atoms with Crippen molar-refractivity contribution in [2.24, 2.45) is 5.73 Å². The predicted molar refractivity (Wildman–Crippen MR) is 82.6 cm³/mol. The summed E-state index contributed by atoms with van der Waals surface area (Å²) in [7, 11) is 0. The van der Waals surface area contributed by atoms with Crippen LogP contribution < -0.4 is 15.8 Å². The van der Waals surface area contributed by atoms with Gasteiger partial charge in [0.15, 0.2) is 18.2 Å². The lowest BCUT2D eigenvalue weighted by atomic mass is 10.2. The Hall–Kier alpha value is -1.92. The van der Waals surface area contributed by atoms with Gasteiger partial charge in [0, 0.05) is 16.7 Å². The molecule has 0 saturated carbocycles. The smallest absolute Gasteiger partial charge is 0.262 e. The van der Waals surface area contributed by atoms with Crippen molar-refractivity contribution in [3.8, 4) is 5.75 Å². The zero-order valence-corrected chi connectivity index (χ0v) is 12.7. The highest BCUT2D eigenvalue weighted by molar-refractivity contribution is 9.10. The topological polar surface area (TPSA) is 64.3 Å². The molecule has 0 saturated heterocycles. The Morgan fingerprint density at radius 1 is 1.24 bits per heavy atom. The van der Waals surface area contributed by atoms with E-state index in [4.69, 9.17) is 10.5 Å². The van der Waals surface area contributed by atoms with Gasteiger partial charge >= 0.3 is 0 Å². The van der Waals surface area contributed by atoms with Gasteiger partial charge < -0.3 is 15.8 Å². The molecule has 0 bridgehead atoms. The number of nitrogens with two attached hydrogens (primary N) is 1. The van der Waals surface area contributed by atoms with Crippen molar-refractivity contribution in [1.29, 1.82) is 0 Å². The third-order valence-corrected chi connectivity index (χ3v) is 3.25. The van der Waals surface area contributed by atoms with Crippen molar-refractivity contribution in [3.05, 3.63) is 58.3 Å². The van der Waals surface area contributed by atoms with E-state index in [2.05, 4.69) is 21.2 Å². The Morgan fingerprint density at radius 2 is 1.95 bits per heavy atom. The van der Waals surface area contributed by atoms with Gasteiger partial charge in [0.25, 0.3) is 5.91 Å². The fraction of sp³-hybridized carbons (Fsp3) is 0.133. The molecule has 0 aliphatic carbocycles. The highest BCUT2D eigenvalue weighted by Crippen LogP contribution is 2.18. The summed E-state index contributed by atoms with van der Waals surface area (Å²) in [6, 6.07) is 11.5. The van der Waals surface area contributed by atoms with Gasteiger partial charge in [0.1, 0.15) is 0 Å². The summed E-state index contributed by atoms with van der Waals surface area (Å²) < 4.78 is 19.7.